The molecule has 162 valence electrons. The minimum absolute atomic E-state index is 0.415. The van der Waals surface area contributed by atoms with E-state index >= 15 is 0 Å². The number of fused-ring (bicyclic) bond motifs is 1. The second kappa shape index (κ2) is 8.90. The Balaban J connectivity index is 1.50. The predicted molar refractivity (Wildman–Crippen MR) is 120 cm³/mol. The van der Waals surface area contributed by atoms with Crippen molar-refractivity contribution in [1.82, 2.24) is 24.8 Å². The summed E-state index contributed by atoms with van der Waals surface area (Å²) < 4.78 is 11.1. The van der Waals surface area contributed by atoms with Crippen molar-refractivity contribution in [2.45, 2.75) is 18.9 Å². The standard InChI is InChI=1S/C22H25ClN6O2/c1-30-18-14-24-13-17-20(18)22(27-21(26-17)15-2-5-25-19(23)12-15)29-6-3-16(4-7-29)28-8-10-31-11-9-28/h2,5,12-14,16H,3-4,6-11H2,1H3. The lowest BCUT2D eigenvalue weighted by Crippen LogP contribution is -2.49. The quantitative estimate of drug-likeness (QED) is 0.573. The van der Waals surface area contributed by atoms with Gasteiger partial charge in [-0.15, -0.1) is 0 Å². The van der Waals surface area contributed by atoms with E-state index in [2.05, 4.69) is 19.8 Å². The Morgan fingerprint density at radius 1 is 1.10 bits per heavy atom. The van der Waals surface area contributed by atoms with Crippen LogP contribution < -0.4 is 9.64 Å². The SMILES string of the molecule is COc1cncc2nc(-c3ccnc(Cl)c3)nc(N3CCC(N4CCOCC4)CC3)c12. The topological polar surface area (TPSA) is 76.5 Å². The number of halogens is 1. The van der Waals surface area contributed by atoms with Crippen molar-refractivity contribution in [3.05, 3.63) is 35.9 Å². The molecule has 0 aliphatic carbocycles. The molecule has 0 unspecified atom stereocenters. The lowest BCUT2D eigenvalue weighted by molar-refractivity contribution is 0.0115. The number of pyridine rings is 2. The molecule has 0 radical (unpaired) electrons. The fourth-order valence-corrected chi connectivity index (χ4v) is 4.65. The zero-order valence-corrected chi connectivity index (χ0v) is 18.3. The van der Waals surface area contributed by atoms with E-state index in [1.54, 1.807) is 31.8 Å². The molecule has 0 bridgehead atoms. The largest absolute Gasteiger partial charge is 0.494 e. The van der Waals surface area contributed by atoms with Crippen LogP contribution in [0.2, 0.25) is 5.15 Å². The Bertz CT molecular complexity index is 1070. The van der Waals surface area contributed by atoms with Crippen LogP contribution in [0, 0.1) is 0 Å². The summed E-state index contributed by atoms with van der Waals surface area (Å²) in [6.45, 7) is 5.56. The van der Waals surface area contributed by atoms with Crippen LogP contribution in [0.25, 0.3) is 22.3 Å². The van der Waals surface area contributed by atoms with E-state index in [9.17, 15) is 0 Å². The fourth-order valence-electron chi connectivity index (χ4n) is 4.48. The number of nitrogens with zero attached hydrogens (tertiary/aromatic N) is 6. The van der Waals surface area contributed by atoms with Crippen LogP contribution >= 0.6 is 11.6 Å². The molecule has 9 heteroatoms. The monoisotopic (exact) mass is 440 g/mol. The molecule has 0 spiro atoms. The van der Waals surface area contributed by atoms with E-state index in [4.69, 9.17) is 31.0 Å². The Kier molecular flexibility index (Phi) is 5.85. The van der Waals surface area contributed by atoms with Crippen LogP contribution in [-0.2, 0) is 4.74 Å². The van der Waals surface area contributed by atoms with Crippen molar-refractivity contribution >= 4 is 28.3 Å². The Labute approximate surface area is 186 Å². The van der Waals surface area contributed by atoms with Gasteiger partial charge in [-0.2, -0.15) is 0 Å². The van der Waals surface area contributed by atoms with Crippen LogP contribution in [0.3, 0.4) is 0 Å². The predicted octanol–water partition coefficient (Wildman–Crippen LogP) is 3.05. The van der Waals surface area contributed by atoms with Crippen LogP contribution in [0.1, 0.15) is 12.8 Å². The summed E-state index contributed by atoms with van der Waals surface area (Å²) in [7, 11) is 1.65. The lowest BCUT2D eigenvalue weighted by atomic mass is 10.0. The van der Waals surface area contributed by atoms with E-state index in [-0.39, 0.29) is 0 Å². The summed E-state index contributed by atoms with van der Waals surface area (Å²) in [5, 5.41) is 1.31. The van der Waals surface area contributed by atoms with E-state index < -0.39 is 0 Å². The van der Waals surface area contributed by atoms with Crippen LogP contribution in [0.4, 0.5) is 5.82 Å². The minimum Gasteiger partial charge on any atom is -0.494 e. The number of ether oxygens (including phenoxy) is 2. The van der Waals surface area contributed by atoms with Gasteiger partial charge in [0.25, 0.3) is 0 Å². The van der Waals surface area contributed by atoms with Gasteiger partial charge in [-0.05, 0) is 25.0 Å². The molecule has 8 nitrogen and oxygen atoms in total. The van der Waals surface area contributed by atoms with Gasteiger partial charge in [0.1, 0.15) is 16.7 Å². The number of morpholine rings is 1. The second-order valence-corrected chi connectivity index (χ2v) is 8.23. The maximum absolute atomic E-state index is 6.12. The van der Waals surface area contributed by atoms with Crippen LogP contribution in [0.15, 0.2) is 30.7 Å². The van der Waals surface area contributed by atoms with Gasteiger partial charge in [0, 0.05) is 44.0 Å². The number of methoxy groups -OCH3 is 1. The third kappa shape index (κ3) is 4.15. The van der Waals surface area contributed by atoms with E-state index in [1.807, 2.05) is 6.07 Å². The molecule has 2 aliphatic rings. The average Bonchev–Trinajstić information content (AvgIpc) is 2.83. The molecular weight excluding hydrogens is 416 g/mol. The van der Waals surface area contributed by atoms with Crippen molar-refractivity contribution in [2.75, 3.05) is 51.4 Å². The molecule has 5 heterocycles. The van der Waals surface area contributed by atoms with E-state index in [0.29, 0.717) is 22.8 Å². The molecule has 0 amide bonds. The maximum atomic E-state index is 6.12. The molecule has 3 aromatic rings. The Morgan fingerprint density at radius 3 is 2.65 bits per heavy atom. The second-order valence-electron chi connectivity index (χ2n) is 7.84. The first-order chi connectivity index (χ1) is 15.2. The van der Waals surface area contributed by atoms with E-state index in [1.165, 1.54) is 0 Å². The molecule has 0 saturated carbocycles. The van der Waals surface area contributed by atoms with Crippen molar-refractivity contribution < 1.29 is 9.47 Å². The normalized spacial score (nSPS) is 18.5. The van der Waals surface area contributed by atoms with Gasteiger partial charge in [0.2, 0.25) is 0 Å². The Morgan fingerprint density at radius 2 is 1.90 bits per heavy atom. The summed E-state index contributed by atoms with van der Waals surface area (Å²) >= 11 is 6.12. The smallest absolute Gasteiger partial charge is 0.162 e. The lowest BCUT2D eigenvalue weighted by Gasteiger charge is -2.40. The van der Waals surface area contributed by atoms with Gasteiger partial charge in [-0.1, -0.05) is 11.6 Å². The molecule has 5 rings (SSSR count). The van der Waals surface area contributed by atoms with E-state index in [0.717, 1.165) is 74.5 Å². The summed E-state index contributed by atoms with van der Waals surface area (Å²) in [5.41, 5.74) is 1.58. The van der Waals surface area contributed by atoms with Gasteiger partial charge < -0.3 is 14.4 Å². The maximum Gasteiger partial charge on any atom is 0.162 e. The molecule has 0 N–H and O–H groups in total. The van der Waals surface area contributed by atoms with Gasteiger partial charge in [-0.25, -0.2) is 15.0 Å². The first kappa shape index (κ1) is 20.4. The number of piperidine rings is 1. The van der Waals surface area contributed by atoms with Crippen molar-refractivity contribution in [2.24, 2.45) is 0 Å². The zero-order chi connectivity index (χ0) is 21.2. The number of hydrogen-bond acceptors (Lipinski definition) is 8. The van der Waals surface area contributed by atoms with Crippen molar-refractivity contribution in [1.29, 1.82) is 0 Å². The first-order valence-corrected chi connectivity index (χ1v) is 11.0. The number of hydrogen-bond donors (Lipinski definition) is 0. The molecule has 2 aliphatic heterocycles. The van der Waals surface area contributed by atoms with Gasteiger partial charge in [0.15, 0.2) is 5.82 Å². The van der Waals surface area contributed by atoms with Gasteiger partial charge in [-0.3, -0.25) is 9.88 Å². The highest BCUT2D eigenvalue weighted by Gasteiger charge is 2.28. The molecule has 2 fully saturated rings. The highest BCUT2D eigenvalue weighted by Crippen LogP contribution is 2.35. The summed E-state index contributed by atoms with van der Waals surface area (Å²) in [5.74, 6) is 2.17. The number of anilines is 1. The van der Waals surface area contributed by atoms with Gasteiger partial charge >= 0.3 is 0 Å². The summed E-state index contributed by atoms with van der Waals surface area (Å²) in [6.07, 6.45) is 7.33. The number of rotatable bonds is 4. The molecule has 3 aromatic heterocycles. The van der Waals surface area contributed by atoms with Crippen LogP contribution in [-0.4, -0.2) is 77.4 Å². The summed E-state index contributed by atoms with van der Waals surface area (Å²) in [6, 6.07) is 4.25. The zero-order valence-electron chi connectivity index (χ0n) is 17.5. The molecule has 0 aromatic carbocycles. The summed E-state index contributed by atoms with van der Waals surface area (Å²) in [4.78, 5) is 23.0. The van der Waals surface area contributed by atoms with Crippen molar-refractivity contribution in [3.63, 3.8) is 0 Å². The highest BCUT2D eigenvalue weighted by atomic mass is 35.5. The third-order valence-electron chi connectivity index (χ3n) is 6.08. The molecular formula is C22H25ClN6O2. The minimum atomic E-state index is 0.415. The van der Waals surface area contributed by atoms with Crippen LogP contribution in [0.5, 0.6) is 5.75 Å². The molecule has 0 atom stereocenters. The Hall–Kier alpha value is -2.55. The average molecular weight is 441 g/mol. The first-order valence-electron chi connectivity index (χ1n) is 10.6. The third-order valence-corrected chi connectivity index (χ3v) is 6.29. The highest BCUT2D eigenvalue weighted by molar-refractivity contribution is 6.29. The molecule has 31 heavy (non-hydrogen) atoms. The van der Waals surface area contributed by atoms with Crippen molar-refractivity contribution in [3.8, 4) is 17.1 Å². The number of aromatic nitrogens is 4. The fraction of sp³-hybridized carbons (Fsp3) is 0.455. The molecule has 2 saturated heterocycles. The van der Waals surface area contributed by atoms with Gasteiger partial charge in [0.05, 0.1) is 43.6 Å².